The fraction of sp³-hybridized carbons (Fsp3) is 0.500. The quantitative estimate of drug-likeness (QED) is 0.717. The van der Waals surface area contributed by atoms with Crippen LogP contribution in [0.25, 0.3) is 0 Å². The van der Waals surface area contributed by atoms with E-state index in [4.69, 9.17) is 9.47 Å². The monoisotopic (exact) mass is 315 g/mol. The fourth-order valence-electron chi connectivity index (χ4n) is 1.92. The average Bonchev–Trinajstić information content (AvgIpc) is 2.40. The molecule has 21 heavy (non-hydrogen) atoms. The number of sulfonamides is 1. The number of rotatable bonds is 7. The van der Waals surface area contributed by atoms with Crippen LogP contribution in [0.15, 0.2) is 24.3 Å². The van der Waals surface area contributed by atoms with Gasteiger partial charge in [-0.15, -0.1) is 0 Å². The molecule has 6 nitrogen and oxygen atoms in total. The van der Waals surface area contributed by atoms with E-state index in [1.165, 1.54) is 6.92 Å². The third-order valence-corrected chi connectivity index (χ3v) is 3.98. The molecule has 0 spiro atoms. The third-order valence-electron chi connectivity index (χ3n) is 2.74. The molecule has 1 unspecified atom stereocenters. The smallest absolute Gasteiger partial charge is 0.329 e. The van der Waals surface area contributed by atoms with Crippen molar-refractivity contribution < 1.29 is 22.7 Å². The SMILES string of the molecule is CCOC(=O)C(C)N(c1ccc(OCC)cc1)S(C)(=O)=O. The van der Waals surface area contributed by atoms with E-state index in [9.17, 15) is 13.2 Å². The van der Waals surface area contributed by atoms with E-state index >= 15 is 0 Å². The molecule has 0 radical (unpaired) electrons. The summed E-state index contributed by atoms with van der Waals surface area (Å²) in [5, 5.41) is 0. The van der Waals surface area contributed by atoms with Crippen LogP contribution in [-0.2, 0) is 19.6 Å². The Morgan fingerprint density at radius 1 is 1.19 bits per heavy atom. The van der Waals surface area contributed by atoms with E-state index in [2.05, 4.69) is 0 Å². The fourth-order valence-corrected chi connectivity index (χ4v) is 3.08. The maximum atomic E-state index is 12.0. The summed E-state index contributed by atoms with van der Waals surface area (Å²) < 4.78 is 35.2. The molecule has 1 rings (SSSR count). The Kier molecular flexibility index (Phi) is 6.02. The molecule has 1 aromatic carbocycles. The van der Waals surface area contributed by atoms with Gasteiger partial charge in [-0.3, -0.25) is 4.31 Å². The van der Waals surface area contributed by atoms with Gasteiger partial charge < -0.3 is 9.47 Å². The van der Waals surface area contributed by atoms with Crippen molar-refractivity contribution >= 4 is 21.7 Å². The molecular weight excluding hydrogens is 294 g/mol. The average molecular weight is 315 g/mol. The summed E-state index contributed by atoms with van der Waals surface area (Å²) in [7, 11) is -3.61. The molecule has 118 valence electrons. The molecule has 0 saturated heterocycles. The van der Waals surface area contributed by atoms with Gasteiger partial charge in [-0.2, -0.15) is 0 Å². The lowest BCUT2D eigenvalue weighted by molar-refractivity contribution is -0.144. The maximum absolute atomic E-state index is 12.0. The van der Waals surface area contributed by atoms with Gasteiger partial charge in [0, 0.05) is 0 Å². The Labute approximate surface area is 125 Å². The van der Waals surface area contributed by atoms with Gasteiger partial charge in [0.15, 0.2) is 0 Å². The molecule has 0 aliphatic heterocycles. The number of carbonyl (C=O) groups is 1. The van der Waals surface area contributed by atoms with Crippen molar-refractivity contribution in [1.29, 1.82) is 0 Å². The molecule has 0 saturated carbocycles. The Morgan fingerprint density at radius 2 is 1.76 bits per heavy atom. The summed E-state index contributed by atoms with van der Waals surface area (Å²) in [6.45, 7) is 5.75. The van der Waals surface area contributed by atoms with Crippen molar-refractivity contribution in [1.82, 2.24) is 0 Å². The first-order chi connectivity index (χ1) is 9.81. The van der Waals surface area contributed by atoms with Gasteiger partial charge in [0.2, 0.25) is 10.0 Å². The molecule has 0 N–H and O–H groups in total. The van der Waals surface area contributed by atoms with Gasteiger partial charge in [-0.1, -0.05) is 0 Å². The Balaban J connectivity index is 3.11. The van der Waals surface area contributed by atoms with Crippen LogP contribution < -0.4 is 9.04 Å². The lowest BCUT2D eigenvalue weighted by Crippen LogP contribution is -2.43. The molecule has 0 fully saturated rings. The van der Waals surface area contributed by atoms with Gasteiger partial charge >= 0.3 is 5.97 Å². The summed E-state index contributed by atoms with van der Waals surface area (Å²) in [6.07, 6.45) is 1.05. The van der Waals surface area contributed by atoms with Crippen LogP contribution in [0.2, 0.25) is 0 Å². The molecule has 0 amide bonds. The highest BCUT2D eigenvalue weighted by Crippen LogP contribution is 2.24. The second-order valence-corrected chi connectivity index (χ2v) is 6.27. The van der Waals surface area contributed by atoms with Crippen molar-refractivity contribution in [3.05, 3.63) is 24.3 Å². The van der Waals surface area contributed by atoms with Gasteiger partial charge in [-0.05, 0) is 45.0 Å². The van der Waals surface area contributed by atoms with Crippen molar-refractivity contribution in [3.8, 4) is 5.75 Å². The van der Waals surface area contributed by atoms with Gasteiger partial charge in [0.25, 0.3) is 0 Å². The zero-order valence-corrected chi connectivity index (χ0v) is 13.5. The lowest BCUT2D eigenvalue weighted by atomic mass is 10.2. The van der Waals surface area contributed by atoms with Crippen molar-refractivity contribution in [2.24, 2.45) is 0 Å². The van der Waals surface area contributed by atoms with Crippen molar-refractivity contribution in [3.63, 3.8) is 0 Å². The molecular formula is C14H21NO5S. The number of anilines is 1. The van der Waals surface area contributed by atoms with Crippen LogP contribution in [0, 0.1) is 0 Å². The highest BCUT2D eigenvalue weighted by atomic mass is 32.2. The number of esters is 1. The standard InChI is InChI=1S/C14H21NO5S/c1-5-19-13-9-7-12(8-10-13)15(21(4,17)18)11(3)14(16)20-6-2/h7-11H,5-6H2,1-4H3. The van der Waals surface area contributed by atoms with Crippen molar-refractivity contribution in [2.75, 3.05) is 23.8 Å². The highest BCUT2D eigenvalue weighted by molar-refractivity contribution is 7.92. The minimum Gasteiger partial charge on any atom is -0.494 e. The number of benzene rings is 1. The van der Waals surface area contributed by atoms with Crippen LogP contribution in [0.4, 0.5) is 5.69 Å². The molecule has 0 bridgehead atoms. The zero-order valence-electron chi connectivity index (χ0n) is 12.7. The summed E-state index contributed by atoms with van der Waals surface area (Å²) in [5.41, 5.74) is 0.390. The maximum Gasteiger partial charge on any atom is 0.329 e. The first-order valence-electron chi connectivity index (χ1n) is 6.70. The second kappa shape index (κ2) is 7.31. The minimum absolute atomic E-state index is 0.198. The van der Waals surface area contributed by atoms with Crippen LogP contribution in [-0.4, -0.2) is 39.9 Å². The number of ether oxygens (including phenoxy) is 2. The molecule has 0 heterocycles. The topological polar surface area (TPSA) is 72.9 Å². The predicted molar refractivity (Wildman–Crippen MR) is 81.0 cm³/mol. The van der Waals surface area contributed by atoms with E-state index in [1.54, 1.807) is 31.2 Å². The van der Waals surface area contributed by atoms with Crippen LogP contribution in [0.5, 0.6) is 5.75 Å². The molecule has 0 aliphatic carbocycles. The lowest BCUT2D eigenvalue weighted by Gasteiger charge is -2.27. The van der Waals surface area contributed by atoms with Crippen LogP contribution >= 0.6 is 0 Å². The Morgan fingerprint density at radius 3 is 2.19 bits per heavy atom. The van der Waals surface area contributed by atoms with E-state index in [0.29, 0.717) is 18.0 Å². The predicted octanol–water partition coefficient (Wildman–Crippen LogP) is 1.80. The first-order valence-corrected chi connectivity index (χ1v) is 8.55. The highest BCUT2D eigenvalue weighted by Gasteiger charge is 2.30. The van der Waals surface area contributed by atoms with Gasteiger partial charge in [0.05, 0.1) is 25.2 Å². The number of hydrogen-bond donors (Lipinski definition) is 0. The second-order valence-electron chi connectivity index (χ2n) is 4.41. The van der Waals surface area contributed by atoms with E-state index < -0.39 is 22.0 Å². The third kappa shape index (κ3) is 4.63. The largest absolute Gasteiger partial charge is 0.494 e. The summed E-state index contributed by atoms with van der Waals surface area (Å²) in [6, 6.07) is 5.59. The van der Waals surface area contributed by atoms with E-state index in [1.807, 2.05) is 6.92 Å². The number of nitrogens with zero attached hydrogens (tertiary/aromatic N) is 1. The van der Waals surface area contributed by atoms with Gasteiger partial charge in [0.1, 0.15) is 11.8 Å². The summed E-state index contributed by atoms with van der Waals surface area (Å²) in [5.74, 6) is 0.0512. The molecule has 1 atom stereocenters. The Bertz CT molecular complexity index is 568. The van der Waals surface area contributed by atoms with Crippen LogP contribution in [0.3, 0.4) is 0 Å². The first kappa shape index (κ1) is 17.3. The molecule has 1 aromatic rings. The normalized spacial score (nSPS) is 12.6. The van der Waals surface area contributed by atoms with E-state index in [-0.39, 0.29) is 6.61 Å². The minimum atomic E-state index is -3.61. The molecule has 7 heteroatoms. The Hall–Kier alpha value is -1.76. The van der Waals surface area contributed by atoms with Crippen LogP contribution in [0.1, 0.15) is 20.8 Å². The summed E-state index contributed by atoms with van der Waals surface area (Å²) >= 11 is 0. The van der Waals surface area contributed by atoms with Crippen molar-refractivity contribution in [2.45, 2.75) is 26.8 Å². The summed E-state index contributed by atoms with van der Waals surface area (Å²) in [4.78, 5) is 11.8. The molecule has 0 aromatic heterocycles. The zero-order chi connectivity index (χ0) is 16.0. The van der Waals surface area contributed by atoms with Gasteiger partial charge in [-0.25, -0.2) is 13.2 Å². The molecule has 0 aliphatic rings. The number of carbonyl (C=O) groups excluding carboxylic acids is 1. The van der Waals surface area contributed by atoms with E-state index in [0.717, 1.165) is 10.6 Å². The number of hydrogen-bond acceptors (Lipinski definition) is 5.